The Labute approximate surface area is 251 Å². The molecule has 0 N–H and O–H groups in total. The zero-order valence-corrected chi connectivity index (χ0v) is 26.3. The number of rotatable bonds is 9. The lowest BCUT2D eigenvalue weighted by Gasteiger charge is -2.32. The number of fused-ring (bicyclic) bond motifs is 1. The molecule has 1 fully saturated rings. The second kappa shape index (κ2) is 12.2. The summed E-state index contributed by atoms with van der Waals surface area (Å²) >= 11 is 7.71. The van der Waals surface area contributed by atoms with E-state index < -0.39 is 10.0 Å². The van der Waals surface area contributed by atoms with Crippen molar-refractivity contribution in [2.45, 2.75) is 77.3 Å². The molecule has 41 heavy (non-hydrogen) atoms. The van der Waals surface area contributed by atoms with Gasteiger partial charge in [-0.05, 0) is 81.6 Å². The summed E-state index contributed by atoms with van der Waals surface area (Å²) in [6.07, 6.45) is 5.04. The summed E-state index contributed by atoms with van der Waals surface area (Å²) in [6, 6.07) is 12.1. The predicted octanol–water partition coefficient (Wildman–Crippen LogP) is 6.76. The van der Waals surface area contributed by atoms with E-state index in [9.17, 15) is 13.2 Å². The molecular formula is C30H36ClN5O3S2. The number of aromatic nitrogens is 3. The molecule has 1 amide bonds. The maximum Gasteiger partial charge on any atom is 0.260 e. The Bertz CT molecular complexity index is 1660. The Morgan fingerprint density at radius 1 is 1.07 bits per heavy atom. The number of halogens is 1. The summed E-state index contributed by atoms with van der Waals surface area (Å²) in [6.45, 7) is 9.02. The highest BCUT2D eigenvalue weighted by atomic mass is 35.5. The Morgan fingerprint density at radius 2 is 1.78 bits per heavy atom. The van der Waals surface area contributed by atoms with Gasteiger partial charge in [0.25, 0.3) is 5.91 Å². The topological polar surface area (TPSA) is 88.4 Å². The lowest BCUT2D eigenvalue weighted by molar-refractivity contribution is 0.0985. The van der Waals surface area contributed by atoms with Crippen molar-refractivity contribution in [3.05, 3.63) is 70.0 Å². The van der Waals surface area contributed by atoms with Crippen LogP contribution in [0.25, 0.3) is 10.2 Å². The number of sulfonamides is 1. The molecule has 0 radical (unpaired) electrons. The summed E-state index contributed by atoms with van der Waals surface area (Å²) in [5.74, 6) is -0.252. The van der Waals surface area contributed by atoms with Crippen LogP contribution in [0.4, 0.5) is 5.13 Å². The first-order valence-corrected chi connectivity index (χ1v) is 16.7. The van der Waals surface area contributed by atoms with Crippen LogP contribution in [0.3, 0.4) is 0 Å². The van der Waals surface area contributed by atoms with Crippen LogP contribution in [-0.4, -0.2) is 52.5 Å². The van der Waals surface area contributed by atoms with E-state index in [-0.39, 0.29) is 16.8 Å². The van der Waals surface area contributed by atoms with E-state index in [1.54, 1.807) is 33.5 Å². The van der Waals surface area contributed by atoms with Crippen LogP contribution in [-0.2, 0) is 16.6 Å². The summed E-state index contributed by atoms with van der Waals surface area (Å²) in [5.41, 5.74) is 4.06. The fraction of sp³-hybridized carbons (Fsp3) is 0.433. The smallest absolute Gasteiger partial charge is 0.260 e. The Kier molecular flexibility index (Phi) is 8.84. The van der Waals surface area contributed by atoms with Crippen LogP contribution in [0, 0.1) is 20.8 Å². The lowest BCUT2D eigenvalue weighted by atomic mass is 9.95. The number of carbonyl (C=O) groups excluding carboxylic acids is 1. The third-order valence-electron chi connectivity index (χ3n) is 7.76. The van der Waals surface area contributed by atoms with E-state index in [0.717, 1.165) is 59.3 Å². The van der Waals surface area contributed by atoms with Crippen molar-refractivity contribution in [1.82, 2.24) is 19.1 Å². The SMILES string of the molecule is CCN(C1CCCCC1)S(=O)(=O)c1ccc(C(=O)N(CCn2nc(C)cc2C)c2nc3c(C)cc(Cl)cc3s2)cc1. The third-order valence-corrected chi connectivity index (χ3v) is 11.0. The molecule has 5 rings (SSSR count). The van der Waals surface area contributed by atoms with E-state index in [4.69, 9.17) is 16.6 Å². The first-order valence-electron chi connectivity index (χ1n) is 14.1. The molecule has 0 unspecified atom stereocenters. The zero-order chi connectivity index (χ0) is 29.3. The average molecular weight is 614 g/mol. The van der Waals surface area contributed by atoms with E-state index in [0.29, 0.717) is 35.4 Å². The van der Waals surface area contributed by atoms with E-state index in [2.05, 4.69) is 5.10 Å². The lowest BCUT2D eigenvalue weighted by Crippen LogP contribution is -2.41. The quantitative estimate of drug-likeness (QED) is 0.208. The largest absolute Gasteiger partial charge is 0.282 e. The molecule has 0 atom stereocenters. The molecule has 0 spiro atoms. The highest BCUT2D eigenvalue weighted by Crippen LogP contribution is 2.34. The average Bonchev–Trinajstić information content (AvgIpc) is 3.51. The number of hydrogen-bond acceptors (Lipinski definition) is 6. The minimum absolute atomic E-state index is 0.0286. The van der Waals surface area contributed by atoms with Crippen LogP contribution < -0.4 is 4.90 Å². The molecule has 1 aliphatic rings. The number of amides is 1. The summed E-state index contributed by atoms with van der Waals surface area (Å²) < 4.78 is 31.5. The van der Waals surface area contributed by atoms with Crippen LogP contribution in [0.15, 0.2) is 47.4 Å². The van der Waals surface area contributed by atoms with Crippen molar-refractivity contribution in [1.29, 1.82) is 0 Å². The Balaban J connectivity index is 1.45. The van der Waals surface area contributed by atoms with Crippen molar-refractivity contribution >= 4 is 54.2 Å². The minimum Gasteiger partial charge on any atom is -0.282 e. The molecule has 2 aromatic carbocycles. The van der Waals surface area contributed by atoms with Crippen LogP contribution in [0.5, 0.6) is 0 Å². The number of carbonyl (C=O) groups is 1. The summed E-state index contributed by atoms with van der Waals surface area (Å²) in [7, 11) is -3.67. The summed E-state index contributed by atoms with van der Waals surface area (Å²) in [4.78, 5) is 20.6. The molecule has 8 nitrogen and oxygen atoms in total. The fourth-order valence-corrected chi connectivity index (χ4v) is 8.83. The molecule has 0 aliphatic heterocycles. The van der Waals surface area contributed by atoms with E-state index in [1.807, 2.05) is 50.6 Å². The first kappa shape index (κ1) is 29.7. The van der Waals surface area contributed by atoms with Gasteiger partial charge in [-0.2, -0.15) is 9.40 Å². The second-order valence-corrected chi connectivity index (χ2v) is 14.0. The highest BCUT2D eigenvalue weighted by Gasteiger charge is 2.31. The predicted molar refractivity (Wildman–Crippen MR) is 166 cm³/mol. The van der Waals surface area contributed by atoms with Crippen LogP contribution >= 0.6 is 22.9 Å². The van der Waals surface area contributed by atoms with Gasteiger partial charge in [-0.15, -0.1) is 0 Å². The van der Waals surface area contributed by atoms with Gasteiger partial charge in [0, 0.05) is 35.4 Å². The molecule has 1 saturated carbocycles. The molecule has 0 saturated heterocycles. The molecular weight excluding hydrogens is 578 g/mol. The number of anilines is 1. The number of hydrogen-bond donors (Lipinski definition) is 0. The molecule has 2 heterocycles. The maximum atomic E-state index is 14.0. The molecule has 218 valence electrons. The summed E-state index contributed by atoms with van der Waals surface area (Å²) in [5, 5.41) is 5.73. The standard InChI is InChI=1S/C30H36ClN5O3S2/c1-5-36(25-9-7-6-8-10-25)41(38,39)26-13-11-23(12-14-26)29(37)34(15-16-35-22(4)18-21(3)33-35)30-32-28-20(2)17-24(31)19-27(28)40-30/h11-14,17-19,25H,5-10,15-16H2,1-4H3. The van der Waals surface area contributed by atoms with Crippen LogP contribution in [0.2, 0.25) is 5.02 Å². The zero-order valence-electron chi connectivity index (χ0n) is 23.9. The van der Waals surface area contributed by atoms with Crippen molar-refractivity contribution in [3.63, 3.8) is 0 Å². The normalized spacial score (nSPS) is 14.7. The first-order chi connectivity index (χ1) is 19.6. The number of thiazole rings is 1. The number of nitrogens with zero attached hydrogens (tertiary/aromatic N) is 5. The van der Waals surface area contributed by atoms with Crippen LogP contribution in [0.1, 0.15) is 66.3 Å². The van der Waals surface area contributed by atoms with Gasteiger partial charge in [0.05, 0.1) is 27.4 Å². The maximum absolute atomic E-state index is 14.0. The minimum atomic E-state index is -3.67. The second-order valence-electron chi connectivity index (χ2n) is 10.7. The monoisotopic (exact) mass is 613 g/mol. The van der Waals surface area contributed by atoms with E-state index >= 15 is 0 Å². The number of aryl methyl sites for hydroxylation is 3. The molecule has 2 aromatic heterocycles. The van der Waals surface area contributed by atoms with Gasteiger partial charge in [0.1, 0.15) is 0 Å². The van der Waals surface area contributed by atoms with Gasteiger partial charge >= 0.3 is 0 Å². The van der Waals surface area contributed by atoms with Gasteiger partial charge in [-0.25, -0.2) is 13.4 Å². The van der Waals surface area contributed by atoms with Gasteiger partial charge in [-0.1, -0.05) is 49.1 Å². The van der Waals surface area contributed by atoms with Crippen molar-refractivity contribution < 1.29 is 13.2 Å². The van der Waals surface area contributed by atoms with E-state index in [1.165, 1.54) is 11.3 Å². The third kappa shape index (κ3) is 6.21. The van der Waals surface area contributed by atoms with Gasteiger partial charge in [-0.3, -0.25) is 14.4 Å². The Hall–Kier alpha value is -2.79. The van der Waals surface area contributed by atoms with Crippen molar-refractivity contribution in [3.8, 4) is 0 Å². The molecule has 1 aliphatic carbocycles. The van der Waals surface area contributed by atoms with Crippen molar-refractivity contribution in [2.24, 2.45) is 0 Å². The Morgan fingerprint density at radius 3 is 2.41 bits per heavy atom. The number of benzene rings is 2. The molecule has 11 heteroatoms. The highest BCUT2D eigenvalue weighted by molar-refractivity contribution is 7.89. The molecule has 0 bridgehead atoms. The van der Waals surface area contributed by atoms with Crippen molar-refractivity contribution in [2.75, 3.05) is 18.0 Å². The van der Waals surface area contributed by atoms with Gasteiger partial charge in [0.15, 0.2) is 5.13 Å². The van der Waals surface area contributed by atoms with Gasteiger partial charge in [0.2, 0.25) is 10.0 Å². The fourth-order valence-electron chi connectivity index (χ4n) is 5.69. The van der Waals surface area contributed by atoms with Gasteiger partial charge < -0.3 is 0 Å². The molecule has 4 aromatic rings.